The van der Waals surface area contributed by atoms with Crippen molar-refractivity contribution in [2.24, 2.45) is 4.99 Å². The van der Waals surface area contributed by atoms with Crippen LogP contribution in [-0.4, -0.2) is 51.4 Å². The van der Waals surface area contributed by atoms with Gasteiger partial charge in [0.25, 0.3) is 0 Å². The number of carbonyl (C=O) groups is 1. The van der Waals surface area contributed by atoms with Crippen molar-refractivity contribution in [3.05, 3.63) is 30.1 Å². The summed E-state index contributed by atoms with van der Waals surface area (Å²) in [7, 11) is -1.45. The summed E-state index contributed by atoms with van der Waals surface area (Å²) >= 11 is 0. The van der Waals surface area contributed by atoms with Crippen LogP contribution in [0.4, 0.5) is 10.1 Å². The van der Waals surface area contributed by atoms with Gasteiger partial charge in [0.15, 0.2) is 15.8 Å². The van der Waals surface area contributed by atoms with Gasteiger partial charge in [-0.1, -0.05) is 6.07 Å². The fourth-order valence-corrected chi connectivity index (χ4v) is 3.91. The Balaban J connectivity index is 0.00000288. The number of hydrogen-bond donors (Lipinski definition) is 3. The summed E-state index contributed by atoms with van der Waals surface area (Å²) in [4.78, 5) is 15.8. The molecule has 0 saturated carbocycles. The Hall–Kier alpha value is -1.43. The fourth-order valence-electron chi connectivity index (χ4n) is 2.23. The predicted octanol–water partition coefficient (Wildman–Crippen LogP) is 0.734. The Morgan fingerprint density at radius 2 is 2.17 bits per heavy atom. The molecule has 24 heavy (non-hydrogen) atoms. The molecule has 1 fully saturated rings. The van der Waals surface area contributed by atoms with Gasteiger partial charge in [0.1, 0.15) is 5.82 Å². The summed E-state index contributed by atoms with van der Waals surface area (Å²) in [6.45, 7) is -0.0738. The normalized spacial score (nSPS) is 19.2. The maximum absolute atomic E-state index is 13.0. The van der Waals surface area contributed by atoms with E-state index in [0.717, 1.165) is 0 Å². The van der Waals surface area contributed by atoms with Gasteiger partial charge < -0.3 is 16.0 Å². The summed E-state index contributed by atoms with van der Waals surface area (Å²) in [5.74, 6) is -0.236. The van der Waals surface area contributed by atoms with Gasteiger partial charge in [-0.3, -0.25) is 9.79 Å². The first-order valence-electron chi connectivity index (χ1n) is 7.11. The molecule has 10 heteroatoms. The molecule has 1 aromatic rings. The van der Waals surface area contributed by atoms with Gasteiger partial charge in [-0.2, -0.15) is 0 Å². The quantitative estimate of drug-likeness (QED) is 0.343. The molecule has 1 saturated heterocycles. The molecule has 0 bridgehead atoms. The van der Waals surface area contributed by atoms with Crippen LogP contribution in [0.2, 0.25) is 0 Å². The minimum Gasteiger partial charge on any atom is -0.353 e. The standard InChI is InChI=1S/C14H19FN4O3S.HI/c1-16-14(19-12-5-6-23(21,22)9-12)17-8-13(20)18-11-4-2-3-10(15)7-11;/h2-4,7,12H,5-6,8-9H2,1H3,(H,18,20)(H2,16,17,19);1H. The van der Waals surface area contributed by atoms with Crippen molar-refractivity contribution in [3.8, 4) is 0 Å². The molecule has 1 aromatic carbocycles. The highest BCUT2D eigenvalue weighted by atomic mass is 127. The predicted molar refractivity (Wildman–Crippen MR) is 102 cm³/mol. The van der Waals surface area contributed by atoms with Crippen molar-refractivity contribution < 1.29 is 17.6 Å². The van der Waals surface area contributed by atoms with Crippen LogP contribution in [0.5, 0.6) is 0 Å². The summed E-state index contributed by atoms with van der Waals surface area (Å²) < 4.78 is 35.9. The number of rotatable bonds is 4. The number of guanidine groups is 1. The fraction of sp³-hybridized carbons (Fsp3) is 0.429. The lowest BCUT2D eigenvalue weighted by Gasteiger charge is -2.15. The van der Waals surface area contributed by atoms with E-state index >= 15 is 0 Å². The first kappa shape index (κ1) is 20.6. The second kappa shape index (κ2) is 9.16. The minimum absolute atomic E-state index is 0. The van der Waals surface area contributed by atoms with Crippen LogP contribution in [0, 0.1) is 5.82 Å². The van der Waals surface area contributed by atoms with Gasteiger partial charge in [0.2, 0.25) is 5.91 Å². The highest BCUT2D eigenvalue weighted by Gasteiger charge is 2.28. The Labute approximate surface area is 157 Å². The Bertz CT molecular complexity index is 712. The zero-order valence-corrected chi connectivity index (χ0v) is 16.2. The first-order valence-corrected chi connectivity index (χ1v) is 8.93. The van der Waals surface area contributed by atoms with Gasteiger partial charge in [-0.25, -0.2) is 12.8 Å². The second-order valence-electron chi connectivity index (χ2n) is 5.23. The van der Waals surface area contributed by atoms with Crippen LogP contribution in [0.1, 0.15) is 6.42 Å². The second-order valence-corrected chi connectivity index (χ2v) is 7.46. The monoisotopic (exact) mass is 470 g/mol. The molecule has 1 unspecified atom stereocenters. The van der Waals surface area contributed by atoms with Gasteiger partial charge >= 0.3 is 0 Å². The molecule has 1 atom stereocenters. The van der Waals surface area contributed by atoms with E-state index in [9.17, 15) is 17.6 Å². The number of halogens is 2. The van der Waals surface area contributed by atoms with Gasteiger partial charge in [0.05, 0.1) is 18.1 Å². The number of carbonyl (C=O) groups excluding carboxylic acids is 1. The lowest BCUT2D eigenvalue weighted by molar-refractivity contribution is -0.115. The van der Waals surface area contributed by atoms with E-state index in [1.807, 2.05) is 0 Å². The van der Waals surface area contributed by atoms with E-state index in [1.165, 1.54) is 25.2 Å². The third-order valence-corrected chi connectivity index (χ3v) is 5.09. The number of sulfone groups is 1. The first-order chi connectivity index (χ1) is 10.9. The molecule has 134 valence electrons. The Morgan fingerprint density at radius 1 is 1.42 bits per heavy atom. The van der Waals surface area contributed by atoms with Crippen LogP contribution in [0.3, 0.4) is 0 Å². The van der Waals surface area contributed by atoms with Crippen molar-refractivity contribution in [1.29, 1.82) is 0 Å². The van der Waals surface area contributed by atoms with E-state index < -0.39 is 15.7 Å². The average Bonchev–Trinajstić information content (AvgIpc) is 2.82. The number of benzene rings is 1. The lowest BCUT2D eigenvalue weighted by Crippen LogP contribution is -2.46. The molecule has 0 aromatic heterocycles. The third-order valence-electron chi connectivity index (χ3n) is 3.32. The molecule has 3 N–H and O–H groups in total. The molecular formula is C14H20FIN4O3S. The van der Waals surface area contributed by atoms with Crippen molar-refractivity contribution in [3.63, 3.8) is 0 Å². The molecule has 0 aliphatic carbocycles. The lowest BCUT2D eigenvalue weighted by atomic mass is 10.3. The van der Waals surface area contributed by atoms with Gasteiger partial charge in [-0.15, -0.1) is 24.0 Å². The maximum Gasteiger partial charge on any atom is 0.243 e. The number of nitrogens with one attached hydrogen (secondary N) is 3. The van der Waals surface area contributed by atoms with E-state index in [-0.39, 0.29) is 54.0 Å². The molecule has 0 radical (unpaired) electrons. The van der Waals surface area contributed by atoms with Crippen molar-refractivity contribution >= 4 is 51.4 Å². The van der Waals surface area contributed by atoms with E-state index in [4.69, 9.17) is 0 Å². The Morgan fingerprint density at radius 3 is 2.75 bits per heavy atom. The number of hydrogen-bond acceptors (Lipinski definition) is 4. The summed E-state index contributed by atoms with van der Waals surface area (Å²) in [5.41, 5.74) is 0.363. The number of amides is 1. The zero-order chi connectivity index (χ0) is 16.9. The minimum atomic E-state index is -2.99. The number of anilines is 1. The largest absolute Gasteiger partial charge is 0.353 e. The highest BCUT2D eigenvalue weighted by Crippen LogP contribution is 2.11. The van der Waals surface area contributed by atoms with Gasteiger partial charge in [-0.05, 0) is 24.6 Å². The van der Waals surface area contributed by atoms with Crippen LogP contribution in [-0.2, 0) is 14.6 Å². The molecule has 1 aliphatic rings. The van der Waals surface area contributed by atoms with E-state index in [0.29, 0.717) is 18.1 Å². The molecular weight excluding hydrogens is 450 g/mol. The highest BCUT2D eigenvalue weighted by molar-refractivity contribution is 14.0. The van der Waals surface area contributed by atoms with Crippen LogP contribution in [0.25, 0.3) is 0 Å². The summed E-state index contributed by atoms with van der Waals surface area (Å²) in [6, 6.07) is 5.37. The molecule has 1 amide bonds. The number of aliphatic imine (C=N–C) groups is 1. The smallest absolute Gasteiger partial charge is 0.243 e. The molecule has 1 aliphatic heterocycles. The van der Waals surface area contributed by atoms with E-state index in [2.05, 4.69) is 20.9 Å². The SMILES string of the molecule is CN=C(NCC(=O)Nc1cccc(F)c1)NC1CCS(=O)(=O)C1.I. The molecule has 7 nitrogen and oxygen atoms in total. The average molecular weight is 470 g/mol. The molecule has 1 heterocycles. The topological polar surface area (TPSA) is 99.7 Å². The summed E-state index contributed by atoms with van der Waals surface area (Å²) in [5, 5.41) is 8.31. The maximum atomic E-state index is 13.0. The van der Waals surface area contributed by atoms with Crippen LogP contribution in [0.15, 0.2) is 29.3 Å². The molecule has 0 spiro atoms. The van der Waals surface area contributed by atoms with Crippen molar-refractivity contribution in [2.45, 2.75) is 12.5 Å². The molecule has 2 rings (SSSR count). The van der Waals surface area contributed by atoms with Crippen molar-refractivity contribution in [2.75, 3.05) is 30.4 Å². The van der Waals surface area contributed by atoms with Crippen molar-refractivity contribution in [1.82, 2.24) is 10.6 Å². The number of nitrogens with zero attached hydrogens (tertiary/aromatic N) is 1. The van der Waals surface area contributed by atoms with Gasteiger partial charge in [0, 0.05) is 18.8 Å². The Kier molecular flexibility index (Phi) is 7.87. The summed E-state index contributed by atoms with van der Waals surface area (Å²) in [6.07, 6.45) is 0.512. The van der Waals surface area contributed by atoms with Crippen LogP contribution >= 0.6 is 24.0 Å². The van der Waals surface area contributed by atoms with E-state index in [1.54, 1.807) is 6.07 Å². The van der Waals surface area contributed by atoms with Crippen LogP contribution < -0.4 is 16.0 Å². The zero-order valence-electron chi connectivity index (χ0n) is 13.1. The third kappa shape index (κ3) is 6.59.